The number of methoxy groups -OCH3 is 2. The first kappa shape index (κ1) is 20.3. The zero-order valence-corrected chi connectivity index (χ0v) is 16.4. The average Bonchev–Trinajstić information content (AvgIpc) is 3.08. The molecule has 29 heavy (non-hydrogen) atoms. The van der Waals surface area contributed by atoms with Gasteiger partial charge in [0.15, 0.2) is 23.0 Å². The Bertz CT molecular complexity index is 948. The Labute approximate surface area is 168 Å². The van der Waals surface area contributed by atoms with Crippen molar-refractivity contribution in [1.29, 1.82) is 0 Å². The van der Waals surface area contributed by atoms with Gasteiger partial charge in [0.1, 0.15) is 19.0 Å². The van der Waals surface area contributed by atoms with Gasteiger partial charge in [-0.1, -0.05) is 12.1 Å². The summed E-state index contributed by atoms with van der Waals surface area (Å²) in [7, 11) is 3.00. The molecule has 0 aliphatic carbocycles. The number of carbonyl (C=O) groups is 2. The normalized spacial score (nSPS) is 17.5. The lowest BCUT2D eigenvalue weighted by molar-refractivity contribution is -0.141. The maximum Gasteiger partial charge on any atom is 0.302 e. The molecule has 2 aromatic carbocycles. The van der Waals surface area contributed by atoms with Gasteiger partial charge in [-0.15, -0.1) is 0 Å². The predicted molar refractivity (Wildman–Crippen MR) is 105 cm³/mol. The number of esters is 1. The van der Waals surface area contributed by atoms with E-state index in [1.165, 1.54) is 33.3 Å². The van der Waals surface area contributed by atoms with Crippen molar-refractivity contribution in [2.24, 2.45) is 0 Å². The van der Waals surface area contributed by atoms with Crippen LogP contribution in [0.1, 0.15) is 35.6 Å². The van der Waals surface area contributed by atoms with Crippen LogP contribution in [0.2, 0.25) is 0 Å². The van der Waals surface area contributed by atoms with Crippen LogP contribution in [0.15, 0.2) is 36.4 Å². The second-order valence-corrected chi connectivity index (χ2v) is 6.52. The number of ether oxygens (including phenoxy) is 4. The first-order chi connectivity index (χ1) is 14.0. The van der Waals surface area contributed by atoms with Crippen molar-refractivity contribution in [3.05, 3.63) is 53.1 Å². The molecule has 1 heterocycles. The first-order valence-electron chi connectivity index (χ1n) is 8.99. The SMILES string of the molecule is COc1cc(C2Oc3c(OC)cc(C=CC=O)cc3C2COC(C)=O)ccc1O. The second kappa shape index (κ2) is 8.68. The summed E-state index contributed by atoms with van der Waals surface area (Å²) in [6.45, 7) is 1.44. The molecular formula is C22H22O7. The number of aromatic hydroxyl groups is 1. The van der Waals surface area contributed by atoms with E-state index in [0.717, 1.165) is 16.7 Å². The summed E-state index contributed by atoms with van der Waals surface area (Å²) in [5.74, 6) is 0.669. The quantitative estimate of drug-likeness (QED) is 0.434. The Kier molecular flexibility index (Phi) is 6.07. The number of fused-ring (bicyclic) bond motifs is 1. The van der Waals surface area contributed by atoms with Gasteiger partial charge in [-0.05, 0) is 41.5 Å². The summed E-state index contributed by atoms with van der Waals surface area (Å²) in [6, 6.07) is 8.59. The van der Waals surface area contributed by atoms with Gasteiger partial charge in [-0.2, -0.15) is 0 Å². The van der Waals surface area contributed by atoms with Crippen LogP contribution in [0.4, 0.5) is 0 Å². The van der Waals surface area contributed by atoms with Crippen LogP contribution in [-0.4, -0.2) is 38.2 Å². The molecule has 0 spiro atoms. The summed E-state index contributed by atoms with van der Waals surface area (Å²) in [5.41, 5.74) is 2.31. The van der Waals surface area contributed by atoms with E-state index in [1.54, 1.807) is 24.3 Å². The predicted octanol–water partition coefficient (Wildman–Crippen LogP) is 3.40. The van der Waals surface area contributed by atoms with Crippen LogP contribution in [0, 0.1) is 0 Å². The highest BCUT2D eigenvalue weighted by Gasteiger charge is 2.39. The van der Waals surface area contributed by atoms with Crippen LogP contribution in [0.3, 0.4) is 0 Å². The lowest BCUT2D eigenvalue weighted by Crippen LogP contribution is -2.17. The molecule has 152 valence electrons. The smallest absolute Gasteiger partial charge is 0.302 e. The Morgan fingerprint density at radius 1 is 1.17 bits per heavy atom. The van der Waals surface area contributed by atoms with Gasteiger partial charge in [-0.3, -0.25) is 9.59 Å². The lowest BCUT2D eigenvalue weighted by Gasteiger charge is -2.20. The van der Waals surface area contributed by atoms with Crippen molar-refractivity contribution in [3.8, 4) is 23.0 Å². The molecule has 0 saturated carbocycles. The Morgan fingerprint density at radius 2 is 1.93 bits per heavy atom. The van der Waals surface area contributed by atoms with Crippen LogP contribution < -0.4 is 14.2 Å². The highest BCUT2D eigenvalue weighted by atomic mass is 16.5. The molecular weight excluding hydrogens is 376 g/mol. The van der Waals surface area contributed by atoms with Gasteiger partial charge < -0.3 is 24.1 Å². The number of aldehydes is 1. The zero-order valence-electron chi connectivity index (χ0n) is 16.4. The van der Waals surface area contributed by atoms with Crippen molar-refractivity contribution >= 4 is 18.3 Å². The van der Waals surface area contributed by atoms with Crippen LogP contribution in [0.5, 0.6) is 23.0 Å². The minimum Gasteiger partial charge on any atom is -0.504 e. The van der Waals surface area contributed by atoms with Gasteiger partial charge in [0, 0.05) is 12.5 Å². The zero-order chi connectivity index (χ0) is 21.0. The van der Waals surface area contributed by atoms with Crippen molar-refractivity contribution in [2.75, 3.05) is 20.8 Å². The molecule has 1 N–H and O–H groups in total. The minimum absolute atomic E-state index is 0.0159. The van der Waals surface area contributed by atoms with E-state index in [-0.39, 0.29) is 18.3 Å². The number of allylic oxidation sites excluding steroid dienone is 1. The number of carbonyl (C=O) groups excluding carboxylic acids is 2. The van der Waals surface area contributed by atoms with Crippen LogP contribution in [0.25, 0.3) is 6.08 Å². The van der Waals surface area contributed by atoms with Crippen LogP contribution in [-0.2, 0) is 14.3 Å². The Hall–Kier alpha value is -3.48. The summed E-state index contributed by atoms with van der Waals surface area (Å²) < 4.78 is 22.2. The van der Waals surface area contributed by atoms with Gasteiger partial charge >= 0.3 is 5.97 Å². The Balaban J connectivity index is 2.08. The number of phenols is 1. The summed E-state index contributed by atoms with van der Waals surface area (Å²) in [4.78, 5) is 22.1. The summed E-state index contributed by atoms with van der Waals surface area (Å²) in [5, 5.41) is 9.90. The molecule has 0 bridgehead atoms. The molecule has 0 fully saturated rings. The summed E-state index contributed by atoms with van der Waals surface area (Å²) >= 11 is 0. The largest absolute Gasteiger partial charge is 0.504 e. The fourth-order valence-electron chi connectivity index (χ4n) is 3.37. The maximum atomic E-state index is 11.4. The van der Waals surface area contributed by atoms with Gasteiger partial charge in [0.05, 0.1) is 20.1 Å². The molecule has 3 rings (SSSR count). The van der Waals surface area contributed by atoms with Gasteiger partial charge in [0.2, 0.25) is 0 Å². The number of rotatable bonds is 7. The molecule has 1 aliphatic heterocycles. The van der Waals surface area contributed by atoms with Gasteiger partial charge in [0.25, 0.3) is 0 Å². The standard InChI is InChI=1S/C22H22O7/c1-13(24)28-12-17-16-9-14(5-4-8-23)10-20(27-3)22(16)29-21(17)15-6-7-18(25)19(11-15)26-2/h4-11,17,21,25H,12H2,1-3H3. The van der Waals surface area contributed by atoms with E-state index in [1.807, 2.05) is 6.07 Å². The van der Waals surface area contributed by atoms with E-state index in [4.69, 9.17) is 18.9 Å². The topological polar surface area (TPSA) is 91.3 Å². The lowest BCUT2D eigenvalue weighted by atomic mass is 9.90. The molecule has 0 amide bonds. The van der Waals surface area contributed by atoms with Crippen molar-refractivity contribution in [1.82, 2.24) is 0 Å². The van der Waals surface area contributed by atoms with Gasteiger partial charge in [-0.25, -0.2) is 0 Å². The van der Waals surface area contributed by atoms with E-state index < -0.39 is 12.1 Å². The molecule has 7 heteroatoms. The molecule has 2 atom stereocenters. The molecule has 0 aromatic heterocycles. The number of hydrogen-bond donors (Lipinski definition) is 1. The monoisotopic (exact) mass is 398 g/mol. The highest BCUT2D eigenvalue weighted by molar-refractivity contribution is 5.75. The third-order valence-electron chi connectivity index (χ3n) is 4.70. The second-order valence-electron chi connectivity index (χ2n) is 6.52. The van der Waals surface area contributed by atoms with Crippen LogP contribution >= 0.6 is 0 Å². The maximum absolute atomic E-state index is 11.4. The third-order valence-corrected chi connectivity index (χ3v) is 4.70. The molecule has 7 nitrogen and oxygen atoms in total. The van der Waals surface area contributed by atoms with E-state index >= 15 is 0 Å². The van der Waals surface area contributed by atoms with E-state index in [0.29, 0.717) is 23.5 Å². The number of phenolic OH excluding ortho intramolecular Hbond substituents is 1. The average molecular weight is 398 g/mol. The van der Waals surface area contributed by atoms with E-state index in [9.17, 15) is 14.7 Å². The van der Waals surface area contributed by atoms with Crippen molar-refractivity contribution < 1.29 is 33.6 Å². The number of benzene rings is 2. The minimum atomic E-state index is -0.488. The molecule has 2 aromatic rings. The van der Waals surface area contributed by atoms with Crippen molar-refractivity contribution in [3.63, 3.8) is 0 Å². The Morgan fingerprint density at radius 3 is 2.59 bits per heavy atom. The molecule has 2 unspecified atom stereocenters. The fourth-order valence-corrected chi connectivity index (χ4v) is 3.37. The summed E-state index contributed by atoms with van der Waals surface area (Å²) in [6.07, 6.45) is 3.26. The highest BCUT2D eigenvalue weighted by Crippen LogP contribution is 2.51. The molecule has 1 aliphatic rings. The van der Waals surface area contributed by atoms with E-state index in [2.05, 4.69) is 0 Å². The number of hydrogen-bond acceptors (Lipinski definition) is 7. The third kappa shape index (κ3) is 4.18. The fraction of sp³-hybridized carbons (Fsp3) is 0.273. The molecule has 0 saturated heterocycles. The van der Waals surface area contributed by atoms with Crippen molar-refractivity contribution in [2.45, 2.75) is 18.9 Å². The molecule has 0 radical (unpaired) electrons. The first-order valence-corrected chi connectivity index (χ1v) is 8.99.